The number of alkyl carbamates (subject to hydrolysis) is 1. The largest absolute Gasteiger partial charge is 0.508 e. The average molecular weight is 491 g/mol. The number of hydrogen-bond acceptors (Lipinski definition) is 6. The zero-order valence-corrected chi connectivity index (χ0v) is 21.4. The number of phenols is 1. The summed E-state index contributed by atoms with van der Waals surface area (Å²) < 4.78 is 5.27. The number of rotatable bonds is 10. The summed E-state index contributed by atoms with van der Waals surface area (Å²) in [6.07, 6.45) is 0.337. The van der Waals surface area contributed by atoms with Crippen LogP contribution in [0.4, 0.5) is 4.79 Å². The second kappa shape index (κ2) is 12.2. The molecule has 0 bridgehead atoms. The van der Waals surface area contributed by atoms with E-state index in [1.807, 2.05) is 0 Å². The number of nitrogens with two attached hydrogens (primary N) is 1. The Kier molecular flexibility index (Phi) is 10.3. The van der Waals surface area contributed by atoms with Crippen molar-refractivity contribution in [3.63, 3.8) is 0 Å². The van der Waals surface area contributed by atoms with E-state index in [9.17, 15) is 24.3 Å². The zero-order chi connectivity index (χ0) is 27.0. The third-order valence-electron chi connectivity index (χ3n) is 4.54. The average Bonchev–Trinajstić information content (AvgIpc) is 2.68. The summed E-state index contributed by atoms with van der Waals surface area (Å²) >= 11 is 0. The van der Waals surface area contributed by atoms with E-state index in [0.29, 0.717) is 5.56 Å². The molecule has 194 valence electrons. The lowest BCUT2D eigenvalue weighted by molar-refractivity contribution is -0.142. The number of aromatic hydroxyl groups is 1. The highest BCUT2D eigenvalue weighted by Gasteiger charge is 2.36. The van der Waals surface area contributed by atoms with Crippen LogP contribution in [0.5, 0.6) is 5.75 Å². The van der Waals surface area contributed by atoms with E-state index < -0.39 is 47.0 Å². The minimum atomic E-state index is -1.20. The molecule has 0 saturated heterocycles. The Bertz CT molecular complexity index is 915. The molecule has 1 rings (SSSR count). The van der Waals surface area contributed by atoms with Crippen LogP contribution < -0.4 is 16.4 Å². The van der Waals surface area contributed by atoms with Gasteiger partial charge in [-0.2, -0.15) is 0 Å². The molecule has 0 aromatic heterocycles. The van der Waals surface area contributed by atoms with Crippen LogP contribution in [0, 0.1) is 0 Å². The van der Waals surface area contributed by atoms with E-state index in [0.717, 1.165) is 0 Å². The fourth-order valence-corrected chi connectivity index (χ4v) is 3.22. The van der Waals surface area contributed by atoms with Gasteiger partial charge in [-0.15, -0.1) is 6.58 Å². The molecule has 0 radical (unpaired) electrons. The molecule has 0 fully saturated rings. The van der Waals surface area contributed by atoms with Crippen LogP contribution in [-0.2, 0) is 19.1 Å². The molecular weight excluding hydrogens is 452 g/mol. The fourth-order valence-electron chi connectivity index (χ4n) is 3.22. The fraction of sp³-hybridized carbons (Fsp3) is 0.520. The van der Waals surface area contributed by atoms with Crippen molar-refractivity contribution in [2.45, 2.75) is 77.6 Å². The van der Waals surface area contributed by atoms with Crippen LogP contribution >= 0.6 is 0 Å². The molecule has 0 saturated carbocycles. The van der Waals surface area contributed by atoms with Crippen LogP contribution in [0.3, 0.4) is 0 Å². The highest BCUT2D eigenvalue weighted by Crippen LogP contribution is 2.26. The number of amides is 4. The highest BCUT2D eigenvalue weighted by molar-refractivity contribution is 5.92. The highest BCUT2D eigenvalue weighted by atomic mass is 16.6. The molecule has 2 atom stereocenters. The van der Waals surface area contributed by atoms with Crippen LogP contribution in [0.25, 0.3) is 0 Å². The van der Waals surface area contributed by atoms with Gasteiger partial charge >= 0.3 is 6.09 Å². The molecule has 4 amide bonds. The number of primary amides is 1. The first-order valence-corrected chi connectivity index (χ1v) is 11.3. The van der Waals surface area contributed by atoms with E-state index in [4.69, 9.17) is 10.5 Å². The standard InChI is InChI=1S/C25H38N4O6/c1-8-15-29(20(21(32)28-24(2,3)4)16-9-11-17(30)12-10-16)22(33)18(13-14-19(26)31)27-23(34)35-25(5,6)7/h8-12,18,20,30H,1,13-15H2,2-7H3,(H2,26,31)(H,27,34)(H,28,32). The minimum Gasteiger partial charge on any atom is -0.508 e. The molecule has 0 spiro atoms. The number of benzene rings is 1. The summed E-state index contributed by atoms with van der Waals surface area (Å²) in [6.45, 7) is 14.1. The molecule has 2 unspecified atom stereocenters. The van der Waals surface area contributed by atoms with Crippen molar-refractivity contribution in [2.75, 3.05) is 6.54 Å². The Morgan fingerprint density at radius 3 is 2.14 bits per heavy atom. The van der Waals surface area contributed by atoms with Gasteiger partial charge in [0.2, 0.25) is 17.7 Å². The first-order chi connectivity index (χ1) is 16.0. The van der Waals surface area contributed by atoms with E-state index in [1.54, 1.807) is 41.5 Å². The predicted octanol–water partition coefficient (Wildman–Crippen LogP) is 2.52. The third kappa shape index (κ3) is 10.5. The van der Waals surface area contributed by atoms with Crippen LogP contribution in [0.15, 0.2) is 36.9 Å². The van der Waals surface area contributed by atoms with E-state index in [2.05, 4.69) is 17.2 Å². The Labute approximate surface area is 206 Å². The van der Waals surface area contributed by atoms with Gasteiger partial charge in [0.05, 0.1) is 0 Å². The second-order valence-electron chi connectivity index (χ2n) is 10.2. The number of phenolic OH excluding ortho intramolecular Hbond substituents is 1. The van der Waals surface area contributed by atoms with Crippen molar-refractivity contribution in [3.05, 3.63) is 42.5 Å². The maximum atomic E-state index is 13.7. The van der Waals surface area contributed by atoms with Gasteiger partial charge in [0.25, 0.3) is 0 Å². The number of ether oxygens (including phenoxy) is 1. The first-order valence-electron chi connectivity index (χ1n) is 11.3. The molecule has 0 heterocycles. The van der Waals surface area contributed by atoms with Gasteiger partial charge in [-0.05, 0) is 65.7 Å². The molecule has 5 N–H and O–H groups in total. The molecule has 35 heavy (non-hydrogen) atoms. The number of nitrogens with one attached hydrogen (secondary N) is 2. The van der Waals surface area contributed by atoms with Crippen molar-refractivity contribution in [2.24, 2.45) is 5.73 Å². The van der Waals surface area contributed by atoms with Crippen molar-refractivity contribution in [1.82, 2.24) is 15.5 Å². The Hall–Kier alpha value is -3.56. The number of hydrogen-bond donors (Lipinski definition) is 4. The van der Waals surface area contributed by atoms with Crippen molar-refractivity contribution >= 4 is 23.8 Å². The van der Waals surface area contributed by atoms with E-state index in [-0.39, 0.29) is 25.1 Å². The SMILES string of the molecule is C=CCN(C(=O)C(CCC(N)=O)NC(=O)OC(C)(C)C)C(C(=O)NC(C)(C)C)c1ccc(O)cc1. The van der Waals surface area contributed by atoms with Gasteiger partial charge in [0, 0.05) is 18.5 Å². The summed E-state index contributed by atoms with van der Waals surface area (Å²) in [5.74, 6) is -1.75. The Balaban J connectivity index is 3.46. The van der Waals surface area contributed by atoms with E-state index in [1.165, 1.54) is 35.2 Å². The lowest BCUT2D eigenvalue weighted by Crippen LogP contribution is -2.54. The monoisotopic (exact) mass is 490 g/mol. The zero-order valence-electron chi connectivity index (χ0n) is 21.4. The van der Waals surface area contributed by atoms with Gasteiger partial charge in [-0.1, -0.05) is 18.2 Å². The molecule has 10 heteroatoms. The van der Waals surface area contributed by atoms with Crippen molar-refractivity contribution < 1.29 is 29.0 Å². The van der Waals surface area contributed by atoms with Crippen LogP contribution in [0.2, 0.25) is 0 Å². The summed E-state index contributed by atoms with van der Waals surface area (Å²) in [5.41, 5.74) is 4.30. The van der Waals surface area contributed by atoms with Gasteiger partial charge < -0.3 is 31.1 Å². The number of carbonyl (C=O) groups is 4. The smallest absolute Gasteiger partial charge is 0.408 e. The maximum absolute atomic E-state index is 13.7. The summed E-state index contributed by atoms with van der Waals surface area (Å²) in [7, 11) is 0. The topological polar surface area (TPSA) is 151 Å². The van der Waals surface area contributed by atoms with E-state index >= 15 is 0 Å². The van der Waals surface area contributed by atoms with Gasteiger partial charge in [-0.25, -0.2) is 4.79 Å². The van der Waals surface area contributed by atoms with Gasteiger partial charge in [0.15, 0.2) is 0 Å². The molecule has 0 aliphatic carbocycles. The third-order valence-corrected chi connectivity index (χ3v) is 4.54. The molecule has 10 nitrogen and oxygen atoms in total. The molecule has 1 aromatic rings. The molecule has 0 aliphatic heterocycles. The summed E-state index contributed by atoms with van der Waals surface area (Å²) in [4.78, 5) is 52.2. The maximum Gasteiger partial charge on any atom is 0.408 e. The second-order valence-corrected chi connectivity index (χ2v) is 10.2. The number of carbonyl (C=O) groups excluding carboxylic acids is 4. The molecule has 0 aliphatic rings. The summed E-state index contributed by atoms with van der Waals surface area (Å²) in [5, 5.41) is 15.1. The quantitative estimate of drug-likeness (QED) is 0.370. The van der Waals surface area contributed by atoms with Crippen molar-refractivity contribution in [1.29, 1.82) is 0 Å². The van der Waals surface area contributed by atoms with Crippen LogP contribution in [0.1, 0.15) is 66.0 Å². The van der Waals surface area contributed by atoms with Gasteiger partial charge in [0.1, 0.15) is 23.4 Å². The predicted molar refractivity (Wildman–Crippen MR) is 132 cm³/mol. The molecule has 1 aromatic carbocycles. The summed E-state index contributed by atoms with van der Waals surface area (Å²) in [6, 6.07) is 3.58. The van der Waals surface area contributed by atoms with Crippen molar-refractivity contribution in [3.8, 4) is 5.75 Å². The Morgan fingerprint density at radius 1 is 1.11 bits per heavy atom. The lowest BCUT2D eigenvalue weighted by Gasteiger charge is -2.35. The normalized spacial score (nSPS) is 13.2. The first kappa shape index (κ1) is 29.5. The van der Waals surface area contributed by atoms with Crippen LogP contribution in [-0.4, -0.2) is 57.5 Å². The molecular formula is C25H38N4O6. The lowest BCUT2D eigenvalue weighted by atomic mass is 9.99. The Morgan fingerprint density at radius 2 is 1.69 bits per heavy atom. The minimum absolute atomic E-state index is 0.00347. The number of nitrogens with zero attached hydrogens (tertiary/aromatic N) is 1. The van der Waals surface area contributed by atoms with Gasteiger partial charge in [-0.3, -0.25) is 14.4 Å².